The van der Waals surface area contributed by atoms with Gasteiger partial charge in [-0.1, -0.05) is 6.58 Å². The highest BCUT2D eigenvalue weighted by molar-refractivity contribution is 5.95. The molecule has 4 aromatic rings. The van der Waals surface area contributed by atoms with Gasteiger partial charge in [-0.05, 0) is 37.1 Å². The fourth-order valence-electron chi connectivity index (χ4n) is 3.13. The number of aryl methyl sites for hydroxylation is 3. The number of nitrogens with two attached hydrogens (primary N) is 1. The van der Waals surface area contributed by atoms with E-state index in [1.165, 1.54) is 0 Å². The molecule has 0 aliphatic heterocycles. The molecule has 0 atom stereocenters. The normalized spacial score (nSPS) is 11.3. The van der Waals surface area contributed by atoms with E-state index >= 15 is 0 Å². The molecule has 0 unspecified atom stereocenters. The molecule has 4 rings (SSSR count). The van der Waals surface area contributed by atoms with Gasteiger partial charge in [0, 0.05) is 30.2 Å². The topological polar surface area (TPSA) is 103 Å². The van der Waals surface area contributed by atoms with Crippen molar-refractivity contribution in [1.82, 2.24) is 34.7 Å². The lowest BCUT2D eigenvalue weighted by Gasteiger charge is -2.05. The molecule has 3 heterocycles. The summed E-state index contributed by atoms with van der Waals surface area (Å²) >= 11 is 0. The van der Waals surface area contributed by atoms with E-state index in [1.807, 2.05) is 50.1 Å². The van der Waals surface area contributed by atoms with Crippen LogP contribution in [-0.4, -0.2) is 34.7 Å². The van der Waals surface area contributed by atoms with E-state index in [-0.39, 0.29) is 0 Å². The monoisotopic (exact) mass is 348 g/mol. The van der Waals surface area contributed by atoms with E-state index in [1.54, 1.807) is 4.68 Å². The third-order valence-corrected chi connectivity index (χ3v) is 4.51. The minimum atomic E-state index is 0.491. The second kappa shape index (κ2) is 5.83. The second-order valence-corrected chi connectivity index (χ2v) is 6.25. The molecule has 0 saturated carbocycles. The van der Waals surface area contributed by atoms with Gasteiger partial charge in [-0.3, -0.25) is 14.5 Å². The number of hydrogen-bond acceptors (Lipinski definition) is 5. The van der Waals surface area contributed by atoms with E-state index < -0.39 is 0 Å². The molecule has 132 valence electrons. The van der Waals surface area contributed by atoms with Crippen molar-refractivity contribution < 1.29 is 0 Å². The first kappa shape index (κ1) is 16.1. The van der Waals surface area contributed by atoms with Gasteiger partial charge in [0.05, 0.1) is 17.9 Å². The first-order valence-corrected chi connectivity index (χ1v) is 8.35. The lowest BCUT2D eigenvalue weighted by molar-refractivity contribution is 0.664. The van der Waals surface area contributed by atoms with Crippen LogP contribution >= 0.6 is 0 Å². The molecule has 0 spiro atoms. The Morgan fingerprint density at radius 1 is 1.27 bits per heavy atom. The summed E-state index contributed by atoms with van der Waals surface area (Å²) in [4.78, 5) is 4.72. The minimum absolute atomic E-state index is 0.491. The summed E-state index contributed by atoms with van der Waals surface area (Å²) in [6.45, 7) is 8.66. The number of nitrogens with one attached hydrogen (secondary N) is 1. The van der Waals surface area contributed by atoms with Crippen LogP contribution in [0.4, 0.5) is 0 Å². The molecule has 8 heteroatoms. The predicted molar refractivity (Wildman–Crippen MR) is 101 cm³/mol. The number of aromatic nitrogens is 7. The standard InChI is InChI=1S/C18H20N8/c1-5-26-16(10(2)8-21-26)18-22-17(23-24-18)13-6-12(11(3)19)7-15-14(13)9-20-25(15)4/h6-9H,3,5,19H2,1-2,4H3,(H,22,23,24). The van der Waals surface area contributed by atoms with Crippen LogP contribution in [0, 0.1) is 6.92 Å². The van der Waals surface area contributed by atoms with Crippen molar-refractivity contribution in [3.05, 3.63) is 42.2 Å². The Labute approximate surface area is 150 Å². The molecule has 0 bridgehead atoms. The van der Waals surface area contributed by atoms with Crippen molar-refractivity contribution >= 4 is 16.6 Å². The van der Waals surface area contributed by atoms with E-state index in [9.17, 15) is 0 Å². The number of rotatable bonds is 4. The quantitative estimate of drug-likeness (QED) is 0.590. The Bertz CT molecular complexity index is 1130. The van der Waals surface area contributed by atoms with Crippen LogP contribution < -0.4 is 5.73 Å². The highest BCUT2D eigenvalue weighted by Crippen LogP contribution is 2.30. The minimum Gasteiger partial charge on any atom is -0.399 e. The number of fused-ring (bicyclic) bond motifs is 1. The third-order valence-electron chi connectivity index (χ3n) is 4.51. The highest BCUT2D eigenvalue weighted by atomic mass is 15.3. The van der Waals surface area contributed by atoms with E-state index in [2.05, 4.69) is 27.0 Å². The Balaban J connectivity index is 1.90. The number of hydrogen-bond donors (Lipinski definition) is 2. The first-order chi connectivity index (χ1) is 12.5. The molecule has 0 saturated heterocycles. The summed E-state index contributed by atoms with van der Waals surface area (Å²) in [5.74, 6) is 1.27. The molecule has 3 aromatic heterocycles. The van der Waals surface area contributed by atoms with Crippen LogP contribution in [0.15, 0.2) is 31.1 Å². The maximum atomic E-state index is 5.93. The molecule has 0 aliphatic rings. The van der Waals surface area contributed by atoms with Gasteiger partial charge in [-0.25, -0.2) is 4.98 Å². The number of aromatic amines is 1. The van der Waals surface area contributed by atoms with Crippen LogP contribution in [0.2, 0.25) is 0 Å². The third kappa shape index (κ3) is 2.38. The maximum absolute atomic E-state index is 5.93. The van der Waals surface area contributed by atoms with E-state index in [4.69, 9.17) is 10.7 Å². The summed E-state index contributed by atoms with van der Waals surface area (Å²) in [5, 5.41) is 17.2. The molecule has 8 nitrogen and oxygen atoms in total. The first-order valence-electron chi connectivity index (χ1n) is 8.35. The van der Waals surface area contributed by atoms with Gasteiger partial charge >= 0.3 is 0 Å². The van der Waals surface area contributed by atoms with Crippen LogP contribution in [-0.2, 0) is 13.6 Å². The molecule has 1 aromatic carbocycles. The molecular formula is C18H20N8. The molecule has 26 heavy (non-hydrogen) atoms. The van der Waals surface area contributed by atoms with Crippen molar-refractivity contribution in [1.29, 1.82) is 0 Å². The molecular weight excluding hydrogens is 328 g/mol. The van der Waals surface area contributed by atoms with Crippen molar-refractivity contribution in [2.75, 3.05) is 0 Å². The summed E-state index contributed by atoms with van der Waals surface area (Å²) in [6, 6.07) is 3.92. The number of nitrogens with zero attached hydrogens (tertiary/aromatic N) is 6. The zero-order valence-corrected chi connectivity index (χ0v) is 15.0. The Morgan fingerprint density at radius 2 is 2.08 bits per heavy atom. The van der Waals surface area contributed by atoms with Crippen molar-refractivity contribution in [2.45, 2.75) is 20.4 Å². The van der Waals surface area contributed by atoms with Crippen molar-refractivity contribution in [3.8, 4) is 22.9 Å². The number of H-pyrrole nitrogens is 1. The van der Waals surface area contributed by atoms with Crippen LogP contribution in [0.25, 0.3) is 39.5 Å². The second-order valence-electron chi connectivity index (χ2n) is 6.25. The van der Waals surface area contributed by atoms with Crippen LogP contribution in [0.1, 0.15) is 18.1 Å². The van der Waals surface area contributed by atoms with Crippen LogP contribution in [0.5, 0.6) is 0 Å². The number of benzene rings is 1. The zero-order chi connectivity index (χ0) is 18.4. The Kier molecular flexibility index (Phi) is 3.61. The summed E-state index contributed by atoms with van der Waals surface area (Å²) < 4.78 is 3.70. The summed E-state index contributed by atoms with van der Waals surface area (Å²) in [6.07, 6.45) is 3.64. The van der Waals surface area contributed by atoms with Gasteiger partial charge in [-0.2, -0.15) is 15.3 Å². The van der Waals surface area contributed by atoms with Gasteiger partial charge in [0.25, 0.3) is 0 Å². The van der Waals surface area contributed by atoms with Crippen molar-refractivity contribution in [2.24, 2.45) is 12.8 Å². The molecule has 0 fully saturated rings. The van der Waals surface area contributed by atoms with Gasteiger partial charge in [0.1, 0.15) is 5.69 Å². The molecule has 0 radical (unpaired) electrons. The fraction of sp³-hybridized carbons (Fsp3) is 0.222. The molecule has 0 aliphatic carbocycles. The summed E-state index contributed by atoms with van der Waals surface area (Å²) in [7, 11) is 1.89. The summed E-state index contributed by atoms with van der Waals surface area (Å²) in [5.41, 5.74) is 11.0. The van der Waals surface area contributed by atoms with Gasteiger partial charge in [0.15, 0.2) is 11.6 Å². The van der Waals surface area contributed by atoms with E-state index in [0.717, 1.165) is 39.8 Å². The SMILES string of the molecule is C=C(N)c1cc(-c2n[nH]c(-c3c(C)cnn3CC)n2)c2cnn(C)c2c1. The maximum Gasteiger partial charge on any atom is 0.182 e. The largest absolute Gasteiger partial charge is 0.399 e. The smallest absolute Gasteiger partial charge is 0.182 e. The zero-order valence-electron chi connectivity index (χ0n) is 15.0. The van der Waals surface area contributed by atoms with Gasteiger partial charge in [-0.15, -0.1) is 0 Å². The predicted octanol–water partition coefficient (Wildman–Crippen LogP) is 2.48. The Hall–Kier alpha value is -3.42. The molecule has 3 N–H and O–H groups in total. The van der Waals surface area contributed by atoms with Gasteiger partial charge in [0.2, 0.25) is 0 Å². The van der Waals surface area contributed by atoms with E-state index in [0.29, 0.717) is 17.3 Å². The van der Waals surface area contributed by atoms with Gasteiger partial charge < -0.3 is 5.73 Å². The average Bonchev–Trinajstić information content (AvgIpc) is 3.33. The average molecular weight is 348 g/mol. The fourth-order valence-corrected chi connectivity index (χ4v) is 3.13. The van der Waals surface area contributed by atoms with Crippen molar-refractivity contribution in [3.63, 3.8) is 0 Å². The van der Waals surface area contributed by atoms with Crippen LogP contribution in [0.3, 0.4) is 0 Å². The molecule has 0 amide bonds. The lowest BCUT2D eigenvalue weighted by atomic mass is 10.0. The lowest BCUT2D eigenvalue weighted by Crippen LogP contribution is -2.00. The highest BCUT2D eigenvalue weighted by Gasteiger charge is 2.18. The Morgan fingerprint density at radius 3 is 2.81 bits per heavy atom.